The summed E-state index contributed by atoms with van der Waals surface area (Å²) in [5.41, 5.74) is 3.18. The molecule has 0 radical (unpaired) electrons. The fourth-order valence-corrected chi connectivity index (χ4v) is 4.25. The minimum absolute atomic E-state index is 0.263. The zero-order chi connectivity index (χ0) is 15.0. The molecule has 0 aliphatic carbocycles. The number of rotatable bonds is 4. The van der Waals surface area contributed by atoms with Crippen LogP contribution in [0.1, 0.15) is 17.8 Å². The van der Waals surface area contributed by atoms with Gasteiger partial charge in [0, 0.05) is 31.2 Å². The Labute approximate surface area is 125 Å². The molecular formula is C15H21N3O2S. The Bertz CT molecular complexity index is 751. The van der Waals surface area contributed by atoms with Gasteiger partial charge in [-0.25, -0.2) is 13.4 Å². The molecule has 21 heavy (non-hydrogen) atoms. The lowest BCUT2D eigenvalue weighted by Gasteiger charge is -2.13. The Morgan fingerprint density at radius 2 is 2.19 bits per heavy atom. The molecule has 3 heterocycles. The topological polar surface area (TPSA) is 54.7 Å². The number of fused-ring (bicyclic) bond motifs is 1. The number of aryl methyl sites for hydroxylation is 1. The highest BCUT2D eigenvalue weighted by atomic mass is 32.2. The lowest BCUT2D eigenvalue weighted by Crippen LogP contribution is -2.22. The van der Waals surface area contributed by atoms with Crippen molar-refractivity contribution in [2.75, 3.05) is 25.1 Å². The average molecular weight is 307 g/mol. The first-order valence-corrected chi connectivity index (χ1v) is 9.30. The monoisotopic (exact) mass is 307 g/mol. The Kier molecular flexibility index (Phi) is 3.75. The Morgan fingerprint density at radius 3 is 2.90 bits per heavy atom. The molecule has 5 nitrogen and oxygen atoms in total. The van der Waals surface area contributed by atoms with Gasteiger partial charge in [0.25, 0.3) is 0 Å². The molecule has 1 fully saturated rings. The molecule has 114 valence electrons. The maximum absolute atomic E-state index is 11.4. The van der Waals surface area contributed by atoms with Crippen LogP contribution in [-0.2, 0) is 16.4 Å². The molecule has 2 aromatic rings. The number of sulfone groups is 1. The van der Waals surface area contributed by atoms with Crippen LogP contribution in [0.15, 0.2) is 24.4 Å². The van der Waals surface area contributed by atoms with Crippen molar-refractivity contribution in [1.82, 2.24) is 14.3 Å². The Morgan fingerprint density at radius 1 is 1.38 bits per heavy atom. The largest absolute Gasteiger partial charge is 0.304 e. The van der Waals surface area contributed by atoms with E-state index in [1.54, 1.807) is 0 Å². The number of pyridine rings is 1. The number of hydrogen-bond donors (Lipinski definition) is 0. The predicted molar refractivity (Wildman–Crippen MR) is 83.0 cm³/mol. The lowest BCUT2D eigenvalue weighted by atomic mass is 10.2. The van der Waals surface area contributed by atoms with Crippen molar-refractivity contribution in [3.8, 4) is 0 Å². The third-order valence-electron chi connectivity index (χ3n) is 4.04. The average Bonchev–Trinajstić information content (AvgIpc) is 2.95. The summed E-state index contributed by atoms with van der Waals surface area (Å²) in [5, 5.41) is 0. The number of aromatic nitrogens is 2. The summed E-state index contributed by atoms with van der Waals surface area (Å²) in [6.45, 7) is 4.66. The van der Waals surface area contributed by atoms with Crippen molar-refractivity contribution in [1.29, 1.82) is 0 Å². The zero-order valence-electron chi connectivity index (χ0n) is 12.5. The van der Waals surface area contributed by atoms with E-state index < -0.39 is 9.84 Å². The van der Waals surface area contributed by atoms with Gasteiger partial charge in [0.2, 0.25) is 0 Å². The van der Waals surface area contributed by atoms with Crippen molar-refractivity contribution in [3.05, 3.63) is 35.8 Å². The SMILES string of the molecule is Cc1cccc2nc(CN3CCC(CS(C)(=O)=O)C3)cn12. The van der Waals surface area contributed by atoms with Gasteiger partial charge >= 0.3 is 0 Å². The molecule has 0 N–H and O–H groups in total. The summed E-state index contributed by atoms with van der Waals surface area (Å²) in [7, 11) is -2.88. The highest BCUT2D eigenvalue weighted by Crippen LogP contribution is 2.20. The van der Waals surface area contributed by atoms with Crippen LogP contribution in [0.4, 0.5) is 0 Å². The summed E-state index contributed by atoms with van der Waals surface area (Å²) in [6, 6.07) is 6.09. The van der Waals surface area contributed by atoms with Gasteiger partial charge in [0.1, 0.15) is 15.5 Å². The number of nitrogens with zero attached hydrogens (tertiary/aromatic N) is 3. The highest BCUT2D eigenvalue weighted by molar-refractivity contribution is 7.90. The van der Waals surface area contributed by atoms with E-state index in [0.29, 0.717) is 5.75 Å². The number of likely N-dealkylation sites (tertiary alicyclic amines) is 1. The van der Waals surface area contributed by atoms with Gasteiger partial charge in [-0.15, -0.1) is 0 Å². The molecular weight excluding hydrogens is 286 g/mol. The zero-order valence-corrected chi connectivity index (χ0v) is 13.3. The molecule has 1 unspecified atom stereocenters. The van der Waals surface area contributed by atoms with Crippen molar-refractivity contribution in [3.63, 3.8) is 0 Å². The van der Waals surface area contributed by atoms with Gasteiger partial charge < -0.3 is 4.40 Å². The quantitative estimate of drug-likeness (QED) is 0.859. The summed E-state index contributed by atoms with van der Waals surface area (Å²) in [6.07, 6.45) is 4.36. The second kappa shape index (κ2) is 5.42. The third kappa shape index (κ3) is 3.44. The second-order valence-electron chi connectivity index (χ2n) is 6.11. The normalized spacial score (nSPS) is 20.4. The smallest absolute Gasteiger partial charge is 0.147 e. The van der Waals surface area contributed by atoms with Crippen LogP contribution in [-0.4, -0.2) is 47.8 Å². The van der Waals surface area contributed by atoms with E-state index in [4.69, 9.17) is 0 Å². The van der Waals surface area contributed by atoms with E-state index >= 15 is 0 Å². The summed E-state index contributed by atoms with van der Waals surface area (Å²) in [4.78, 5) is 6.94. The molecule has 0 saturated carbocycles. The van der Waals surface area contributed by atoms with E-state index in [9.17, 15) is 8.42 Å². The number of imidazole rings is 1. The summed E-state index contributed by atoms with van der Waals surface area (Å²) in [5.74, 6) is 0.562. The second-order valence-corrected chi connectivity index (χ2v) is 8.29. The van der Waals surface area contributed by atoms with Gasteiger partial charge in [0.15, 0.2) is 0 Å². The molecule has 0 bridgehead atoms. The first kappa shape index (κ1) is 14.5. The van der Waals surface area contributed by atoms with Gasteiger partial charge in [-0.2, -0.15) is 0 Å². The number of hydrogen-bond acceptors (Lipinski definition) is 4. The maximum Gasteiger partial charge on any atom is 0.147 e. The minimum Gasteiger partial charge on any atom is -0.304 e. The minimum atomic E-state index is -2.88. The van der Waals surface area contributed by atoms with Gasteiger partial charge in [-0.1, -0.05) is 6.07 Å². The molecule has 0 spiro atoms. The fourth-order valence-electron chi connectivity index (χ4n) is 3.12. The molecule has 3 rings (SSSR count). The van der Waals surface area contributed by atoms with Crippen molar-refractivity contribution in [2.24, 2.45) is 5.92 Å². The first-order valence-electron chi connectivity index (χ1n) is 7.24. The molecule has 2 aromatic heterocycles. The van der Waals surface area contributed by atoms with Crippen LogP contribution in [0.5, 0.6) is 0 Å². The van der Waals surface area contributed by atoms with E-state index in [2.05, 4.69) is 33.5 Å². The molecule has 0 amide bonds. The fraction of sp³-hybridized carbons (Fsp3) is 0.533. The van der Waals surface area contributed by atoms with Gasteiger partial charge in [-0.3, -0.25) is 4.90 Å². The van der Waals surface area contributed by atoms with Crippen LogP contribution >= 0.6 is 0 Å². The predicted octanol–water partition coefficient (Wildman–Crippen LogP) is 1.51. The molecule has 6 heteroatoms. The van der Waals surface area contributed by atoms with Crippen molar-refractivity contribution in [2.45, 2.75) is 19.9 Å². The van der Waals surface area contributed by atoms with E-state index in [1.165, 1.54) is 11.9 Å². The van der Waals surface area contributed by atoms with Crippen LogP contribution in [0.25, 0.3) is 5.65 Å². The highest BCUT2D eigenvalue weighted by Gasteiger charge is 2.25. The van der Waals surface area contributed by atoms with Crippen molar-refractivity contribution < 1.29 is 8.42 Å². The van der Waals surface area contributed by atoms with E-state index in [-0.39, 0.29) is 5.92 Å². The Hall–Kier alpha value is -1.40. The summed E-state index contributed by atoms with van der Waals surface area (Å²) >= 11 is 0. The first-order chi connectivity index (χ1) is 9.90. The van der Waals surface area contributed by atoms with Crippen LogP contribution < -0.4 is 0 Å². The maximum atomic E-state index is 11.4. The van der Waals surface area contributed by atoms with E-state index in [1.807, 2.05) is 12.1 Å². The Balaban J connectivity index is 1.68. The van der Waals surface area contributed by atoms with Crippen LogP contribution in [0, 0.1) is 12.8 Å². The molecule has 1 aliphatic rings. The van der Waals surface area contributed by atoms with Crippen LogP contribution in [0.2, 0.25) is 0 Å². The molecule has 0 aromatic carbocycles. The third-order valence-corrected chi connectivity index (χ3v) is 5.12. The molecule has 1 atom stereocenters. The lowest BCUT2D eigenvalue weighted by molar-refractivity contribution is 0.317. The van der Waals surface area contributed by atoms with Crippen LogP contribution in [0.3, 0.4) is 0 Å². The summed E-state index contributed by atoms with van der Waals surface area (Å²) < 4.78 is 24.8. The molecule has 1 saturated heterocycles. The van der Waals surface area contributed by atoms with Crippen molar-refractivity contribution >= 4 is 15.5 Å². The van der Waals surface area contributed by atoms with Gasteiger partial charge in [-0.05, 0) is 37.9 Å². The van der Waals surface area contributed by atoms with E-state index in [0.717, 1.165) is 37.4 Å². The standard InChI is InChI=1S/C15H21N3O2S/c1-12-4-3-5-15-16-14(10-18(12)15)9-17-7-6-13(8-17)11-21(2,19)20/h3-5,10,13H,6-9,11H2,1-2H3. The molecule has 1 aliphatic heterocycles. The van der Waals surface area contributed by atoms with Gasteiger partial charge in [0.05, 0.1) is 11.4 Å².